The minimum absolute atomic E-state index is 0.0179. The van der Waals surface area contributed by atoms with Crippen LogP contribution in [-0.4, -0.2) is 123 Å². The monoisotopic (exact) mass is 721 g/mol. The summed E-state index contributed by atoms with van der Waals surface area (Å²) in [5.74, 6) is 3.50. The van der Waals surface area contributed by atoms with Crippen molar-refractivity contribution in [3.63, 3.8) is 0 Å². The molecule has 52 heavy (non-hydrogen) atoms. The van der Waals surface area contributed by atoms with Gasteiger partial charge in [0, 0.05) is 43.1 Å². The third kappa shape index (κ3) is 6.92. The number of ether oxygens (including phenoxy) is 9. The lowest BCUT2D eigenvalue weighted by Crippen LogP contribution is -2.81. The van der Waals surface area contributed by atoms with E-state index in [9.17, 15) is 0 Å². The lowest BCUT2D eigenvalue weighted by atomic mass is 9.35. The Hall–Kier alpha value is -2.28. The molecule has 2 aromatic carbocycles. The quantitative estimate of drug-likeness (QED) is 0.145. The highest BCUT2D eigenvalue weighted by molar-refractivity contribution is 5.63. The van der Waals surface area contributed by atoms with Crippen molar-refractivity contribution in [2.45, 2.75) is 68.8 Å². The number of benzene rings is 2. The summed E-state index contributed by atoms with van der Waals surface area (Å²) in [7, 11) is 3.44. The maximum Gasteiger partial charge on any atom is 0.165 e. The van der Waals surface area contributed by atoms with Gasteiger partial charge in [0.05, 0.1) is 97.9 Å². The molecular formula is C42H59NO9. The molecule has 10 nitrogen and oxygen atoms in total. The van der Waals surface area contributed by atoms with Crippen LogP contribution in [0.4, 0.5) is 0 Å². The van der Waals surface area contributed by atoms with Crippen LogP contribution in [0.1, 0.15) is 48.8 Å². The Kier molecular flexibility index (Phi) is 11.7. The van der Waals surface area contributed by atoms with Crippen molar-refractivity contribution < 1.29 is 42.6 Å². The second-order valence-corrected chi connectivity index (χ2v) is 15.8. The van der Waals surface area contributed by atoms with Gasteiger partial charge in [0.2, 0.25) is 0 Å². The first-order valence-corrected chi connectivity index (χ1v) is 19.8. The highest BCUT2D eigenvalue weighted by atomic mass is 16.6. The maximum atomic E-state index is 7.26. The molecule has 7 aliphatic rings. The van der Waals surface area contributed by atoms with Gasteiger partial charge in [-0.15, -0.1) is 0 Å². The Morgan fingerprint density at radius 1 is 0.788 bits per heavy atom. The minimum Gasteiger partial charge on any atom is -0.493 e. The van der Waals surface area contributed by atoms with Crippen LogP contribution in [0.3, 0.4) is 0 Å². The van der Waals surface area contributed by atoms with E-state index in [4.69, 9.17) is 42.6 Å². The standard InChI is InChI=1S/C42H59NO9/c1-44-14-15-46-16-17-47-18-19-48-20-21-49-22-23-51-37-27-43(26-30-8-9-30)36-24-32-10-11-35(45-2)39-38(32)42(37)40(52-39)34-12-13-41(36,42)25-33(34)29-50-28-31-6-4-3-5-7-31/h3-7,10-11,30,33-34,36-37,40H,8-9,12-29H2,1-2H3. The summed E-state index contributed by atoms with van der Waals surface area (Å²) in [5.41, 5.74) is 3.92. The molecule has 0 amide bonds. The number of fused-ring (bicyclic) bond motifs is 2. The number of hydrogen-bond donors (Lipinski definition) is 0. The number of likely N-dealkylation sites (tertiary alicyclic amines) is 1. The average molecular weight is 722 g/mol. The van der Waals surface area contributed by atoms with Crippen molar-refractivity contribution in [2.75, 3.05) is 100.0 Å². The van der Waals surface area contributed by atoms with Gasteiger partial charge >= 0.3 is 0 Å². The summed E-state index contributed by atoms with van der Waals surface area (Å²) in [6, 6.07) is 15.5. The van der Waals surface area contributed by atoms with Crippen LogP contribution in [-0.2, 0) is 51.6 Å². The Bertz CT molecular complexity index is 1460. The molecule has 286 valence electrons. The molecule has 2 spiro atoms. The molecule has 0 aromatic heterocycles. The van der Waals surface area contributed by atoms with Crippen molar-refractivity contribution in [1.29, 1.82) is 0 Å². The summed E-state index contributed by atoms with van der Waals surface area (Å²) in [6.45, 7) is 9.05. The fourth-order valence-electron chi connectivity index (χ4n) is 10.8. The summed E-state index contributed by atoms with van der Waals surface area (Å²) < 4.78 is 54.7. The van der Waals surface area contributed by atoms with Crippen LogP contribution in [0.5, 0.6) is 11.5 Å². The number of rotatable bonds is 23. The normalized spacial score (nSPS) is 31.1. The predicted molar refractivity (Wildman–Crippen MR) is 195 cm³/mol. The van der Waals surface area contributed by atoms with E-state index in [2.05, 4.69) is 47.4 Å². The van der Waals surface area contributed by atoms with Crippen LogP contribution >= 0.6 is 0 Å². The first-order valence-electron chi connectivity index (χ1n) is 19.8. The zero-order valence-corrected chi connectivity index (χ0v) is 31.3. The molecule has 7 unspecified atom stereocenters. The van der Waals surface area contributed by atoms with Gasteiger partial charge in [-0.1, -0.05) is 36.4 Å². The molecule has 5 fully saturated rings. The largest absolute Gasteiger partial charge is 0.493 e. The first kappa shape index (κ1) is 36.7. The molecule has 2 heterocycles. The van der Waals surface area contributed by atoms with Crippen LogP contribution in [0, 0.1) is 23.2 Å². The fraction of sp³-hybridized carbons (Fsp3) is 0.714. The van der Waals surface area contributed by atoms with E-state index in [-0.39, 0.29) is 23.0 Å². The van der Waals surface area contributed by atoms with Gasteiger partial charge in [-0.05, 0) is 67.6 Å². The molecular weight excluding hydrogens is 662 g/mol. The number of methoxy groups -OCH3 is 2. The molecule has 2 aliphatic heterocycles. The van der Waals surface area contributed by atoms with Crippen molar-refractivity contribution in [2.24, 2.45) is 23.2 Å². The van der Waals surface area contributed by atoms with Gasteiger partial charge < -0.3 is 42.6 Å². The lowest BCUT2D eigenvalue weighted by molar-refractivity contribution is -0.254. The van der Waals surface area contributed by atoms with E-state index >= 15 is 0 Å². The molecule has 2 aromatic rings. The number of hydrogen-bond acceptors (Lipinski definition) is 10. The molecule has 9 rings (SSSR count). The summed E-state index contributed by atoms with van der Waals surface area (Å²) in [6.07, 6.45) is 7.38. The van der Waals surface area contributed by atoms with Crippen LogP contribution in [0.2, 0.25) is 0 Å². The zero-order valence-electron chi connectivity index (χ0n) is 31.3. The molecule has 7 atom stereocenters. The highest BCUT2D eigenvalue weighted by Gasteiger charge is 2.79. The third-order valence-electron chi connectivity index (χ3n) is 13.0. The van der Waals surface area contributed by atoms with Crippen LogP contribution in [0.15, 0.2) is 42.5 Å². The maximum absolute atomic E-state index is 7.26. The van der Waals surface area contributed by atoms with Crippen LogP contribution in [0.25, 0.3) is 0 Å². The van der Waals surface area contributed by atoms with Crippen molar-refractivity contribution in [3.05, 3.63) is 59.2 Å². The third-order valence-corrected chi connectivity index (χ3v) is 13.0. The summed E-state index contributed by atoms with van der Waals surface area (Å²) >= 11 is 0. The lowest BCUT2D eigenvalue weighted by Gasteiger charge is -2.73. The average Bonchev–Trinajstić information content (AvgIpc) is 3.91. The van der Waals surface area contributed by atoms with Gasteiger partial charge in [-0.25, -0.2) is 0 Å². The summed E-state index contributed by atoms with van der Waals surface area (Å²) in [4.78, 5) is 2.85. The van der Waals surface area contributed by atoms with E-state index in [1.807, 2.05) is 0 Å². The van der Waals surface area contributed by atoms with E-state index in [0.717, 1.165) is 43.4 Å². The second kappa shape index (κ2) is 16.6. The molecule has 5 aliphatic carbocycles. The minimum atomic E-state index is -0.202. The van der Waals surface area contributed by atoms with Crippen molar-refractivity contribution >= 4 is 0 Å². The van der Waals surface area contributed by atoms with Crippen molar-refractivity contribution in [1.82, 2.24) is 4.90 Å². The Morgan fingerprint density at radius 3 is 2.19 bits per heavy atom. The van der Waals surface area contributed by atoms with Gasteiger partial charge in [0.1, 0.15) is 6.10 Å². The Labute approximate surface area is 309 Å². The second-order valence-electron chi connectivity index (χ2n) is 15.8. The topological polar surface area (TPSA) is 86.3 Å². The molecule has 0 radical (unpaired) electrons. The SMILES string of the molecule is COCCOCCOCCOCCOCCOC1CN(CC2CC2)C2Cc3ccc(OC)c4c3C13C(O4)C1CCC23CC1COCc1ccccc1. The van der Waals surface area contributed by atoms with E-state index in [1.54, 1.807) is 14.2 Å². The predicted octanol–water partition coefficient (Wildman–Crippen LogP) is 5.08. The fourth-order valence-corrected chi connectivity index (χ4v) is 10.8. The molecule has 4 bridgehead atoms. The van der Waals surface area contributed by atoms with E-state index in [0.29, 0.717) is 90.6 Å². The van der Waals surface area contributed by atoms with Gasteiger partial charge in [0.25, 0.3) is 0 Å². The Balaban J connectivity index is 0.945. The van der Waals surface area contributed by atoms with Gasteiger partial charge in [-0.3, -0.25) is 4.90 Å². The number of nitrogens with zero attached hydrogens (tertiary/aromatic N) is 1. The molecule has 4 saturated carbocycles. The van der Waals surface area contributed by atoms with Crippen molar-refractivity contribution in [3.8, 4) is 11.5 Å². The Morgan fingerprint density at radius 2 is 1.50 bits per heavy atom. The molecule has 10 heteroatoms. The smallest absolute Gasteiger partial charge is 0.165 e. The molecule has 1 saturated heterocycles. The van der Waals surface area contributed by atoms with E-state index in [1.165, 1.54) is 48.9 Å². The van der Waals surface area contributed by atoms with Gasteiger partial charge in [0.15, 0.2) is 11.5 Å². The first-order chi connectivity index (χ1) is 25.7. The zero-order chi connectivity index (χ0) is 35.4. The van der Waals surface area contributed by atoms with E-state index < -0.39 is 0 Å². The highest BCUT2D eigenvalue weighted by Crippen LogP contribution is 2.75. The number of piperidine rings is 1. The van der Waals surface area contributed by atoms with Gasteiger partial charge in [-0.2, -0.15) is 0 Å². The molecule has 0 N–H and O–H groups in total. The van der Waals surface area contributed by atoms with Crippen LogP contribution < -0.4 is 9.47 Å². The summed E-state index contributed by atoms with van der Waals surface area (Å²) in [5, 5.41) is 0.